The van der Waals surface area contributed by atoms with Crippen molar-refractivity contribution in [1.29, 1.82) is 0 Å². The molecule has 0 bridgehead atoms. The third-order valence-corrected chi connectivity index (χ3v) is 8.13. The Balaban J connectivity index is 1.66. The zero-order valence-corrected chi connectivity index (χ0v) is 18.2. The Morgan fingerprint density at radius 2 is 2.00 bits per heavy atom. The van der Waals surface area contributed by atoms with Crippen molar-refractivity contribution in [2.24, 2.45) is 4.99 Å². The summed E-state index contributed by atoms with van der Waals surface area (Å²) >= 11 is 13.8. The highest BCUT2D eigenvalue weighted by Crippen LogP contribution is 2.40. The predicted molar refractivity (Wildman–Crippen MR) is 117 cm³/mol. The Morgan fingerprint density at radius 1 is 1.21 bits per heavy atom. The van der Waals surface area contributed by atoms with Crippen molar-refractivity contribution in [1.82, 2.24) is 0 Å². The Bertz CT molecular complexity index is 1040. The highest BCUT2D eigenvalue weighted by atomic mass is 35.5. The molecule has 0 spiro atoms. The van der Waals surface area contributed by atoms with Gasteiger partial charge in [-0.3, -0.25) is 4.99 Å². The summed E-state index contributed by atoms with van der Waals surface area (Å²) in [6.45, 7) is 0. The second-order valence-corrected chi connectivity index (χ2v) is 10.6. The summed E-state index contributed by atoms with van der Waals surface area (Å²) in [5.74, 6) is 1.46. The fraction of sp³-hybridized carbons (Fsp3) is 0.316. The van der Waals surface area contributed by atoms with Crippen LogP contribution in [0.1, 0.15) is 5.56 Å². The number of hydrogen-bond acceptors (Lipinski definition) is 6. The van der Waals surface area contributed by atoms with Crippen LogP contribution in [-0.4, -0.2) is 44.3 Å². The van der Waals surface area contributed by atoms with E-state index in [-0.39, 0.29) is 23.6 Å². The number of nitrogens with zero attached hydrogens (tertiary/aromatic N) is 2. The van der Waals surface area contributed by atoms with Crippen molar-refractivity contribution in [3.63, 3.8) is 0 Å². The average molecular weight is 457 g/mol. The molecule has 1 saturated heterocycles. The molecule has 4 rings (SSSR count). The zero-order chi connectivity index (χ0) is 19.9. The number of amidine groups is 1. The molecule has 2 atom stereocenters. The number of halogens is 2. The van der Waals surface area contributed by atoms with Crippen LogP contribution in [0.3, 0.4) is 0 Å². The fourth-order valence-electron chi connectivity index (χ4n) is 3.52. The van der Waals surface area contributed by atoms with Crippen LogP contribution in [0.15, 0.2) is 47.5 Å². The molecule has 2 unspecified atom stereocenters. The van der Waals surface area contributed by atoms with E-state index < -0.39 is 9.84 Å². The van der Waals surface area contributed by atoms with E-state index in [2.05, 4.69) is 0 Å². The third kappa shape index (κ3) is 3.85. The summed E-state index contributed by atoms with van der Waals surface area (Å²) in [5, 5.41) is 1.97. The molecular weight excluding hydrogens is 439 g/mol. The highest BCUT2D eigenvalue weighted by Gasteiger charge is 2.47. The maximum atomic E-state index is 12.2. The molecule has 9 heteroatoms. The van der Waals surface area contributed by atoms with Crippen LogP contribution in [0.2, 0.25) is 10.0 Å². The number of aliphatic imine (C=N–C) groups is 1. The number of benzene rings is 2. The maximum Gasteiger partial charge on any atom is 0.164 e. The molecular formula is C19H18Cl2N2O3S2. The summed E-state index contributed by atoms with van der Waals surface area (Å²) in [4.78, 5) is 6.75. The molecule has 148 valence electrons. The number of methoxy groups -OCH3 is 1. The zero-order valence-electron chi connectivity index (χ0n) is 15.0. The smallest absolute Gasteiger partial charge is 0.164 e. The lowest BCUT2D eigenvalue weighted by Crippen LogP contribution is -2.39. The van der Waals surface area contributed by atoms with E-state index in [4.69, 9.17) is 32.9 Å². The number of ether oxygens (including phenoxy) is 1. The van der Waals surface area contributed by atoms with Gasteiger partial charge in [-0.25, -0.2) is 8.42 Å². The Hall–Kier alpha value is -1.41. The minimum absolute atomic E-state index is 0.0784. The molecule has 28 heavy (non-hydrogen) atoms. The lowest BCUT2D eigenvalue weighted by atomic mass is 10.1. The molecule has 2 aromatic carbocycles. The number of para-hydroxylation sites is 2. The highest BCUT2D eigenvalue weighted by molar-refractivity contribution is 8.13. The Labute approximate surface area is 178 Å². The lowest BCUT2D eigenvalue weighted by molar-refractivity contribution is 0.415. The van der Waals surface area contributed by atoms with Crippen LogP contribution >= 0.6 is 35.0 Å². The van der Waals surface area contributed by atoms with Gasteiger partial charge in [0.25, 0.3) is 0 Å². The SMILES string of the molecule is COc1ccccc1N1C(SCc2ccc(Cl)cc2Cl)=NC2CS(=O)(=O)CC21. The summed E-state index contributed by atoms with van der Waals surface area (Å²) in [6, 6.07) is 12.5. The molecule has 0 N–H and O–H groups in total. The van der Waals surface area contributed by atoms with Gasteiger partial charge >= 0.3 is 0 Å². The summed E-state index contributed by atoms with van der Waals surface area (Å²) < 4.78 is 29.9. The Kier molecular flexibility index (Phi) is 5.53. The van der Waals surface area contributed by atoms with Crippen molar-refractivity contribution in [3.05, 3.63) is 58.1 Å². The number of thioether (sulfide) groups is 1. The number of rotatable bonds is 4. The first-order chi connectivity index (χ1) is 13.4. The van der Waals surface area contributed by atoms with Gasteiger partial charge in [0.1, 0.15) is 5.75 Å². The molecule has 0 aliphatic carbocycles. The molecule has 0 radical (unpaired) electrons. The summed E-state index contributed by atoms with van der Waals surface area (Å²) in [6.07, 6.45) is 0. The summed E-state index contributed by atoms with van der Waals surface area (Å²) in [5.41, 5.74) is 1.77. The van der Waals surface area contributed by atoms with Gasteiger partial charge in [-0.1, -0.05) is 53.2 Å². The molecule has 2 aliphatic heterocycles. The first kappa shape index (κ1) is 19.9. The molecule has 0 aromatic heterocycles. The second-order valence-electron chi connectivity index (χ2n) is 6.69. The number of fused-ring (bicyclic) bond motifs is 1. The largest absolute Gasteiger partial charge is 0.495 e. The Morgan fingerprint density at radius 3 is 2.75 bits per heavy atom. The molecule has 2 aliphatic rings. The average Bonchev–Trinajstić information content (AvgIpc) is 3.12. The van der Waals surface area contributed by atoms with Gasteiger partial charge in [0.15, 0.2) is 15.0 Å². The third-order valence-electron chi connectivity index (χ3n) is 4.82. The van der Waals surface area contributed by atoms with E-state index in [0.29, 0.717) is 21.5 Å². The van der Waals surface area contributed by atoms with E-state index in [1.54, 1.807) is 19.2 Å². The molecule has 0 saturated carbocycles. The number of hydrogen-bond donors (Lipinski definition) is 0. The van der Waals surface area contributed by atoms with E-state index in [9.17, 15) is 8.42 Å². The van der Waals surface area contributed by atoms with Crippen molar-refractivity contribution < 1.29 is 13.2 Å². The number of sulfone groups is 1. The van der Waals surface area contributed by atoms with Gasteiger partial charge in [-0.2, -0.15) is 0 Å². The molecule has 2 heterocycles. The monoisotopic (exact) mass is 456 g/mol. The van der Waals surface area contributed by atoms with Crippen LogP contribution in [0.5, 0.6) is 5.75 Å². The van der Waals surface area contributed by atoms with E-state index in [0.717, 1.165) is 16.4 Å². The van der Waals surface area contributed by atoms with Crippen molar-refractivity contribution in [2.75, 3.05) is 23.5 Å². The molecule has 5 nitrogen and oxygen atoms in total. The van der Waals surface area contributed by atoms with Gasteiger partial charge in [0.2, 0.25) is 0 Å². The minimum atomic E-state index is -3.10. The minimum Gasteiger partial charge on any atom is -0.495 e. The van der Waals surface area contributed by atoms with Crippen LogP contribution in [0, 0.1) is 0 Å². The van der Waals surface area contributed by atoms with Gasteiger partial charge < -0.3 is 9.64 Å². The van der Waals surface area contributed by atoms with Crippen LogP contribution in [-0.2, 0) is 15.6 Å². The lowest BCUT2D eigenvalue weighted by Gasteiger charge is -2.28. The van der Waals surface area contributed by atoms with E-state index in [1.165, 1.54) is 11.8 Å². The van der Waals surface area contributed by atoms with Gasteiger partial charge in [-0.15, -0.1) is 0 Å². The standard InChI is InChI=1S/C19H18Cl2N2O3S2/c1-26-18-5-3-2-4-16(18)23-17-11-28(24,25)10-15(17)22-19(23)27-9-12-6-7-13(20)8-14(12)21/h2-8,15,17H,9-11H2,1H3. The van der Waals surface area contributed by atoms with E-state index >= 15 is 0 Å². The normalized spacial score (nSPS) is 22.8. The fourth-order valence-corrected chi connectivity index (χ4v) is 7.04. The van der Waals surface area contributed by atoms with Gasteiger partial charge in [-0.05, 0) is 29.8 Å². The van der Waals surface area contributed by atoms with Crippen LogP contribution in [0.4, 0.5) is 5.69 Å². The quantitative estimate of drug-likeness (QED) is 0.686. The van der Waals surface area contributed by atoms with Crippen LogP contribution < -0.4 is 9.64 Å². The topological polar surface area (TPSA) is 59.0 Å². The predicted octanol–water partition coefficient (Wildman–Crippen LogP) is 4.28. The van der Waals surface area contributed by atoms with Gasteiger partial charge in [0, 0.05) is 15.8 Å². The van der Waals surface area contributed by atoms with Crippen molar-refractivity contribution in [3.8, 4) is 5.75 Å². The summed E-state index contributed by atoms with van der Waals surface area (Å²) in [7, 11) is -1.50. The number of anilines is 1. The maximum absolute atomic E-state index is 12.2. The first-order valence-electron chi connectivity index (χ1n) is 8.65. The van der Waals surface area contributed by atoms with E-state index in [1.807, 2.05) is 35.2 Å². The molecule has 2 aromatic rings. The molecule has 1 fully saturated rings. The molecule has 0 amide bonds. The van der Waals surface area contributed by atoms with Crippen molar-refractivity contribution in [2.45, 2.75) is 17.8 Å². The second kappa shape index (κ2) is 7.78. The van der Waals surface area contributed by atoms with Crippen molar-refractivity contribution >= 4 is 55.7 Å². The first-order valence-corrected chi connectivity index (χ1v) is 12.2. The van der Waals surface area contributed by atoms with Crippen LogP contribution in [0.25, 0.3) is 0 Å². The van der Waals surface area contributed by atoms with Gasteiger partial charge in [0.05, 0.1) is 36.4 Å².